The van der Waals surface area contributed by atoms with Gasteiger partial charge in [0.15, 0.2) is 10.8 Å². The summed E-state index contributed by atoms with van der Waals surface area (Å²) in [7, 11) is 0. The van der Waals surface area contributed by atoms with Crippen molar-refractivity contribution in [1.82, 2.24) is 34.7 Å². The Bertz CT molecular complexity index is 1410. The molecule has 0 amide bonds. The fourth-order valence-corrected chi connectivity index (χ4v) is 5.29. The Morgan fingerprint density at radius 3 is 3.00 bits per heavy atom. The molecular weight excluding hydrogens is 440 g/mol. The van der Waals surface area contributed by atoms with E-state index in [9.17, 15) is 10.2 Å². The molecule has 0 saturated heterocycles. The molecule has 10 nitrogen and oxygen atoms in total. The van der Waals surface area contributed by atoms with Crippen LogP contribution in [0.1, 0.15) is 30.7 Å². The third-order valence-electron chi connectivity index (χ3n) is 6.01. The first-order chi connectivity index (χ1) is 16.1. The average molecular weight is 463 g/mol. The zero-order valence-electron chi connectivity index (χ0n) is 17.6. The Labute approximate surface area is 192 Å². The van der Waals surface area contributed by atoms with Gasteiger partial charge in [0.25, 0.3) is 0 Å². The number of aromatic amines is 1. The van der Waals surface area contributed by atoms with Crippen molar-refractivity contribution in [2.45, 2.75) is 43.9 Å². The molecule has 4 heterocycles. The first-order valence-electron chi connectivity index (χ1n) is 10.8. The van der Waals surface area contributed by atoms with Crippen molar-refractivity contribution in [3.05, 3.63) is 54.5 Å². The van der Waals surface area contributed by atoms with Crippen molar-refractivity contribution in [2.24, 2.45) is 0 Å². The molecule has 6 rings (SSSR count). The number of hydrogen-bond acceptors (Lipinski definition) is 9. The van der Waals surface area contributed by atoms with Crippen LogP contribution < -0.4 is 5.32 Å². The van der Waals surface area contributed by atoms with E-state index in [2.05, 4.69) is 41.4 Å². The minimum Gasteiger partial charge on any atom is -0.390 e. The minimum atomic E-state index is -0.770. The number of nitrogens with zero attached hydrogens (tertiary/aromatic N) is 6. The lowest BCUT2D eigenvalue weighted by molar-refractivity contribution is -0.0161. The molecule has 1 aliphatic rings. The number of aliphatic hydroxyl groups excluding tert-OH is 2. The normalized spacial score (nSPS) is 21.1. The Morgan fingerprint density at radius 2 is 2.12 bits per heavy atom. The predicted molar refractivity (Wildman–Crippen MR) is 125 cm³/mol. The van der Waals surface area contributed by atoms with Crippen LogP contribution in [0.15, 0.2) is 43.1 Å². The van der Waals surface area contributed by atoms with Gasteiger partial charge >= 0.3 is 0 Å². The van der Waals surface area contributed by atoms with Gasteiger partial charge in [-0.1, -0.05) is 17.4 Å². The van der Waals surface area contributed by atoms with Gasteiger partial charge in [-0.05, 0) is 43.0 Å². The molecule has 0 unspecified atom stereocenters. The van der Waals surface area contributed by atoms with Crippen LogP contribution >= 0.6 is 11.3 Å². The van der Waals surface area contributed by atoms with Gasteiger partial charge in [-0.25, -0.2) is 24.6 Å². The number of aromatic nitrogens is 7. The average Bonchev–Trinajstić information content (AvgIpc) is 3.55. The summed E-state index contributed by atoms with van der Waals surface area (Å²) in [5, 5.41) is 28.4. The van der Waals surface area contributed by atoms with Crippen LogP contribution in [-0.4, -0.2) is 63.2 Å². The van der Waals surface area contributed by atoms with E-state index in [1.54, 1.807) is 28.5 Å². The lowest BCUT2D eigenvalue weighted by Gasteiger charge is -2.32. The summed E-state index contributed by atoms with van der Waals surface area (Å²) >= 11 is 1.55. The largest absolute Gasteiger partial charge is 0.390 e. The molecule has 0 bridgehead atoms. The molecule has 11 heteroatoms. The number of fused-ring (bicyclic) bond motifs is 2. The SMILES string of the molecule is O[C@@H]1[C@H](O)CCC[C@H]1Nc1nc2ccc(Cc3nc4ncc(-n5cncn5)cc4[nH]3)cc2s1. The maximum Gasteiger partial charge on any atom is 0.184 e. The van der Waals surface area contributed by atoms with Gasteiger partial charge in [-0.2, -0.15) is 5.10 Å². The lowest BCUT2D eigenvalue weighted by Crippen LogP contribution is -2.45. The van der Waals surface area contributed by atoms with E-state index in [1.165, 1.54) is 6.33 Å². The first-order valence-corrected chi connectivity index (χ1v) is 11.7. The summed E-state index contributed by atoms with van der Waals surface area (Å²) in [6.45, 7) is 0. The van der Waals surface area contributed by atoms with E-state index >= 15 is 0 Å². The fraction of sp³-hybridized carbons (Fsp3) is 0.318. The van der Waals surface area contributed by atoms with Gasteiger partial charge < -0.3 is 20.5 Å². The van der Waals surface area contributed by atoms with E-state index < -0.39 is 12.2 Å². The van der Waals surface area contributed by atoms with Crippen molar-refractivity contribution in [3.63, 3.8) is 0 Å². The van der Waals surface area contributed by atoms with Gasteiger partial charge in [0.05, 0.1) is 45.9 Å². The second-order valence-electron chi connectivity index (χ2n) is 8.33. The molecule has 0 spiro atoms. The van der Waals surface area contributed by atoms with Gasteiger partial charge in [-0.3, -0.25) is 0 Å². The highest BCUT2D eigenvalue weighted by Crippen LogP contribution is 2.30. The molecule has 0 radical (unpaired) electrons. The van der Waals surface area contributed by atoms with Crippen LogP contribution in [0.25, 0.3) is 27.1 Å². The zero-order chi connectivity index (χ0) is 22.4. The van der Waals surface area contributed by atoms with Crippen molar-refractivity contribution >= 4 is 37.8 Å². The fourth-order valence-electron chi connectivity index (χ4n) is 4.30. The van der Waals surface area contributed by atoms with Gasteiger partial charge in [0.1, 0.15) is 18.5 Å². The number of benzene rings is 1. The molecule has 4 N–H and O–H groups in total. The number of imidazole rings is 1. The molecule has 1 aromatic carbocycles. The van der Waals surface area contributed by atoms with Gasteiger partial charge in [-0.15, -0.1) is 0 Å². The molecule has 168 valence electrons. The Hall–Kier alpha value is -3.41. The van der Waals surface area contributed by atoms with Crippen molar-refractivity contribution in [1.29, 1.82) is 0 Å². The summed E-state index contributed by atoms with van der Waals surface area (Å²) in [6, 6.07) is 7.94. The third-order valence-corrected chi connectivity index (χ3v) is 6.96. The van der Waals surface area contributed by atoms with Crippen molar-refractivity contribution < 1.29 is 10.2 Å². The maximum atomic E-state index is 10.3. The van der Waals surface area contributed by atoms with E-state index in [0.29, 0.717) is 18.5 Å². The first kappa shape index (κ1) is 20.2. The molecule has 3 atom stereocenters. The standard InChI is InChI=1S/C22H22N8O2S/c31-17-3-1-2-15(20(17)32)28-22-27-14-5-4-12(6-18(14)33-22)7-19-26-16-8-13(9-24-21(16)29-19)30-11-23-10-25-30/h4-6,8-11,15,17,20,31-32H,1-3,7H2,(H,27,28)(H,24,26,29)/t15-,17-,20+/m1/s1. The number of hydrogen-bond donors (Lipinski definition) is 4. The van der Waals surface area contributed by atoms with Crippen LogP contribution in [0.5, 0.6) is 0 Å². The summed E-state index contributed by atoms with van der Waals surface area (Å²) in [5.74, 6) is 0.828. The molecule has 5 aromatic rings. The molecule has 1 saturated carbocycles. The predicted octanol–water partition coefficient (Wildman–Crippen LogP) is 2.43. The molecule has 1 aliphatic carbocycles. The second kappa shape index (κ2) is 8.18. The highest BCUT2D eigenvalue weighted by atomic mass is 32.1. The highest BCUT2D eigenvalue weighted by molar-refractivity contribution is 7.22. The third kappa shape index (κ3) is 3.94. The number of nitrogens with one attached hydrogen (secondary N) is 2. The lowest BCUT2D eigenvalue weighted by atomic mass is 9.90. The summed E-state index contributed by atoms with van der Waals surface area (Å²) in [4.78, 5) is 21.0. The topological polar surface area (TPSA) is 138 Å². The highest BCUT2D eigenvalue weighted by Gasteiger charge is 2.30. The van der Waals surface area contributed by atoms with Gasteiger partial charge in [0, 0.05) is 6.42 Å². The van der Waals surface area contributed by atoms with Crippen molar-refractivity contribution in [3.8, 4) is 5.69 Å². The monoisotopic (exact) mass is 462 g/mol. The number of rotatable bonds is 5. The van der Waals surface area contributed by atoms with Crippen LogP contribution in [0.3, 0.4) is 0 Å². The number of anilines is 1. The Morgan fingerprint density at radius 1 is 1.18 bits per heavy atom. The minimum absolute atomic E-state index is 0.181. The zero-order valence-corrected chi connectivity index (χ0v) is 18.4. The number of pyridine rings is 1. The Balaban J connectivity index is 1.21. The smallest absolute Gasteiger partial charge is 0.184 e. The van der Waals surface area contributed by atoms with Crippen LogP contribution in [0.4, 0.5) is 5.13 Å². The van der Waals surface area contributed by atoms with Crippen LogP contribution in [-0.2, 0) is 6.42 Å². The van der Waals surface area contributed by atoms with Crippen LogP contribution in [0.2, 0.25) is 0 Å². The Kier molecular flexibility index (Phi) is 5.01. The second-order valence-corrected chi connectivity index (χ2v) is 9.36. The molecule has 33 heavy (non-hydrogen) atoms. The van der Waals surface area contributed by atoms with Crippen LogP contribution in [0, 0.1) is 0 Å². The molecular formula is C22H22N8O2S. The summed E-state index contributed by atoms with van der Waals surface area (Å²) in [5.41, 5.74) is 4.34. The van der Waals surface area contributed by atoms with E-state index in [1.807, 2.05) is 18.2 Å². The number of aliphatic hydroxyl groups is 2. The van der Waals surface area contributed by atoms with Crippen molar-refractivity contribution in [2.75, 3.05) is 5.32 Å². The van der Waals surface area contributed by atoms with E-state index in [-0.39, 0.29) is 6.04 Å². The molecule has 4 aromatic heterocycles. The summed E-state index contributed by atoms with van der Waals surface area (Å²) in [6.07, 6.45) is 6.37. The molecule has 1 fully saturated rings. The number of thiazole rings is 1. The van der Waals surface area contributed by atoms with E-state index in [4.69, 9.17) is 0 Å². The molecule has 0 aliphatic heterocycles. The summed E-state index contributed by atoms with van der Waals surface area (Å²) < 4.78 is 2.71. The maximum absolute atomic E-state index is 10.3. The quantitative estimate of drug-likeness (QED) is 0.312. The number of H-pyrrole nitrogens is 1. The van der Waals surface area contributed by atoms with Gasteiger partial charge in [0.2, 0.25) is 0 Å². The van der Waals surface area contributed by atoms with E-state index in [0.717, 1.165) is 50.8 Å².